The van der Waals surface area contributed by atoms with Gasteiger partial charge in [0.25, 0.3) is 5.91 Å². The number of benzene rings is 3. The summed E-state index contributed by atoms with van der Waals surface area (Å²) in [5.74, 6) is -2.23. The summed E-state index contributed by atoms with van der Waals surface area (Å²) in [7, 11) is 0. The van der Waals surface area contributed by atoms with E-state index in [0.29, 0.717) is 18.8 Å². The smallest absolute Gasteiger partial charge is 0.254 e. The molecule has 0 unspecified atom stereocenters. The molecule has 3 N–H and O–H groups in total. The number of halogens is 2. The third-order valence-electron chi connectivity index (χ3n) is 5.39. The average Bonchev–Trinajstić information content (AvgIpc) is 2.79. The molecule has 0 aromatic heterocycles. The van der Waals surface area contributed by atoms with Gasteiger partial charge in [0.2, 0.25) is 5.91 Å². The number of carbonyl (C=O) groups excluding carboxylic acids is 2. The molecule has 0 aliphatic heterocycles. The molecule has 3 aromatic carbocycles. The highest BCUT2D eigenvalue weighted by Crippen LogP contribution is 2.21. The van der Waals surface area contributed by atoms with Gasteiger partial charge in [0.15, 0.2) is 0 Å². The van der Waals surface area contributed by atoms with Crippen molar-refractivity contribution in [1.29, 1.82) is 0 Å². The number of hydrogen-bond acceptors (Lipinski definition) is 3. The van der Waals surface area contributed by atoms with E-state index in [1.807, 2.05) is 44.2 Å². The fourth-order valence-corrected chi connectivity index (χ4v) is 3.54. The van der Waals surface area contributed by atoms with E-state index < -0.39 is 23.0 Å². The highest BCUT2D eigenvalue weighted by molar-refractivity contribution is 5.94. The van der Waals surface area contributed by atoms with E-state index >= 15 is 0 Å². The van der Waals surface area contributed by atoms with Gasteiger partial charge in [0, 0.05) is 30.4 Å². The molecule has 0 saturated carbocycles. The van der Waals surface area contributed by atoms with Crippen molar-refractivity contribution in [3.8, 4) is 0 Å². The molecule has 0 aliphatic rings. The summed E-state index contributed by atoms with van der Waals surface area (Å²) < 4.78 is 27.4. The van der Waals surface area contributed by atoms with E-state index in [1.165, 1.54) is 4.90 Å². The van der Waals surface area contributed by atoms with Gasteiger partial charge in [-0.05, 0) is 47.4 Å². The second-order valence-electron chi connectivity index (χ2n) is 9.10. The maximum atomic E-state index is 13.7. The zero-order valence-electron chi connectivity index (χ0n) is 19.4. The van der Waals surface area contributed by atoms with Crippen molar-refractivity contribution in [3.63, 3.8) is 0 Å². The SMILES string of the molecule is CC(C)(CN)CN(Cc1ccc(NC(=O)Cc2ccccc2)cc1)C(=O)c1cc(F)cc(F)c1. The van der Waals surface area contributed by atoms with E-state index in [2.05, 4.69) is 5.32 Å². The van der Waals surface area contributed by atoms with Gasteiger partial charge in [-0.3, -0.25) is 9.59 Å². The van der Waals surface area contributed by atoms with Crippen LogP contribution in [0.1, 0.15) is 35.3 Å². The predicted molar refractivity (Wildman–Crippen MR) is 129 cm³/mol. The summed E-state index contributed by atoms with van der Waals surface area (Å²) in [6, 6.07) is 19.4. The molecule has 0 atom stereocenters. The second-order valence-corrected chi connectivity index (χ2v) is 9.10. The van der Waals surface area contributed by atoms with E-state index in [0.717, 1.165) is 29.3 Å². The van der Waals surface area contributed by atoms with Crippen LogP contribution in [0.5, 0.6) is 0 Å². The lowest BCUT2D eigenvalue weighted by Crippen LogP contribution is -2.41. The molecule has 0 bridgehead atoms. The lowest BCUT2D eigenvalue weighted by molar-refractivity contribution is -0.115. The number of nitrogens with two attached hydrogens (primary N) is 1. The Morgan fingerprint density at radius 1 is 0.912 bits per heavy atom. The number of carbonyl (C=O) groups is 2. The lowest BCUT2D eigenvalue weighted by atomic mass is 9.92. The van der Waals surface area contributed by atoms with Crippen LogP contribution in [0.4, 0.5) is 14.5 Å². The summed E-state index contributed by atoms with van der Waals surface area (Å²) in [5, 5.41) is 2.86. The fraction of sp³-hybridized carbons (Fsp3) is 0.259. The summed E-state index contributed by atoms with van der Waals surface area (Å²) in [6.45, 7) is 4.70. The molecule has 0 heterocycles. The van der Waals surface area contributed by atoms with Crippen LogP contribution in [-0.2, 0) is 17.8 Å². The quantitative estimate of drug-likeness (QED) is 0.478. The van der Waals surface area contributed by atoms with Crippen molar-refractivity contribution in [2.24, 2.45) is 11.1 Å². The number of anilines is 1. The topological polar surface area (TPSA) is 75.4 Å². The largest absolute Gasteiger partial charge is 0.334 e. The van der Waals surface area contributed by atoms with Gasteiger partial charge in [-0.25, -0.2) is 8.78 Å². The van der Waals surface area contributed by atoms with Crippen molar-refractivity contribution in [1.82, 2.24) is 4.90 Å². The summed E-state index contributed by atoms with van der Waals surface area (Å²) in [6.07, 6.45) is 0.267. The Bertz CT molecular complexity index is 1110. The molecule has 7 heteroatoms. The number of hydrogen-bond donors (Lipinski definition) is 2. The first kappa shape index (κ1) is 25.1. The maximum Gasteiger partial charge on any atom is 0.254 e. The van der Waals surface area contributed by atoms with Crippen LogP contribution >= 0.6 is 0 Å². The van der Waals surface area contributed by atoms with Crippen LogP contribution in [0.2, 0.25) is 0 Å². The highest BCUT2D eigenvalue weighted by atomic mass is 19.1. The summed E-state index contributed by atoms with van der Waals surface area (Å²) in [5.41, 5.74) is 7.76. The van der Waals surface area contributed by atoms with Crippen LogP contribution in [0, 0.1) is 17.0 Å². The second kappa shape index (κ2) is 11.0. The number of nitrogens with one attached hydrogen (secondary N) is 1. The normalized spacial score (nSPS) is 11.2. The molecule has 34 heavy (non-hydrogen) atoms. The van der Waals surface area contributed by atoms with Gasteiger partial charge in [0.1, 0.15) is 11.6 Å². The van der Waals surface area contributed by atoms with E-state index in [4.69, 9.17) is 5.73 Å². The average molecular weight is 466 g/mol. The van der Waals surface area contributed by atoms with Crippen LogP contribution in [-0.4, -0.2) is 29.8 Å². The molecule has 0 fully saturated rings. The molecular weight excluding hydrogens is 436 g/mol. The Morgan fingerprint density at radius 3 is 2.12 bits per heavy atom. The van der Waals surface area contributed by atoms with Crippen molar-refractivity contribution in [2.45, 2.75) is 26.8 Å². The molecule has 0 radical (unpaired) electrons. The van der Waals surface area contributed by atoms with Crippen LogP contribution < -0.4 is 11.1 Å². The van der Waals surface area contributed by atoms with Crippen LogP contribution in [0.15, 0.2) is 72.8 Å². The third-order valence-corrected chi connectivity index (χ3v) is 5.39. The first-order valence-corrected chi connectivity index (χ1v) is 11.0. The first-order chi connectivity index (χ1) is 16.1. The molecule has 3 aromatic rings. The van der Waals surface area contributed by atoms with Gasteiger partial charge in [-0.2, -0.15) is 0 Å². The Morgan fingerprint density at radius 2 is 1.53 bits per heavy atom. The maximum absolute atomic E-state index is 13.7. The zero-order chi connectivity index (χ0) is 24.7. The zero-order valence-corrected chi connectivity index (χ0v) is 19.4. The summed E-state index contributed by atoms with van der Waals surface area (Å²) in [4.78, 5) is 27.0. The Hall–Kier alpha value is -3.58. The monoisotopic (exact) mass is 465 g/mol. The van der Waals surface area contributed by atoms with Crippen molar-refractivity contribution >= 4 is 17.5 Å². The molecule has 178 valence electrons. The van der Waals surface area contributed by atoms with Crippen molar-refractivity contribution < 1.29 is 18.4 Å². The molecule has 3 rings (SSSR count). The molecular formula is C27H29F2N3O2. The molecule has 5 nitrogen and oxygen atoms in total. The van der Waals surface area contributed by atoms with Crippen LogP contribution in [0.3, 0.4) is 0 Å². The minimum Gasteiger partial charge on any atom is -0.334 e. The third kappa shape index (κ3) is 7.22. The van der Waals surface area contributed by atoms with Crippen molar-refractivity contribution in [2.75, 3.05) is 18.4 Å². The molecule has 0 spiro atoms. The van der Waals surface area contributed by atoms with Gasteiger partial charge < -0.3 is 16.0 Å². The Balaban J connectivity index is 1.72. The molecule has 2 amide bonds. The number of rotatable bonds is 9. The van der Waals surface area contributed by atoms with Gasteiger partial charge in [-0.15, -0.1) is 0 Å². The van der Waals surface area contributed by atoms with E-state index in [1.54, 1.807) is 24.3 Å². The van der Waals surface area contributed by atoms with Gasteiger partial charge >= 0.3 is 0 Å². The van der Waals surface area contributed by atoms with E-state index in [-0.39, 0.29) is 24.4 Å². The minimum absolute atomic E-state index is 0.0601. The standard InChI is InChI=1S/C27H29F2N3O2/c1-27(2,17-30)18-32(26(34)21-13-22(28)15-23(29)14-21)16-20-8-10-24(11-9-20)31-25(33)12-19-6-4-3-5-7-19/h3-11,13-15H,12,16-18,30H2,1-2H3,(H,31,33). The summed E-state index contributed by atoms with van der Waals surface area (Å²) >= 11 is 0. The van der Waals surface area contributed by atoms with Crippen LogP contribution in [0.25, 0.3) is 0 Å². The first-order valence-electron chi connectivity index (χ1n) is 11.0. The van der Waals surface area contributed by atoms with Gasteiger partial charge in [0.05, 0.1) is 6.42 Å². The number of amides is 2. The fourth-order valence-electron chi connectivity index (χ4n) is 3.54. The minimum atomic E-state index is -0.808. The lowest BCUT2D eigenvalue weighted by Gasteiger charge is -2.32. The predicted octanol–water partition coefficient (Wildman–Crippen LogP) is 4.77. The van der Waals surface area contributed by atoms with E-state index in [9.17, 15) is 18.4 Å². The highest BCUT2D eigenvalue weighted by Gasteiger charge is 2.25. The number of nitrogens with zero attached hydrogens (tertiary/aromatic N) is 1. The molecule has 0 saturated heterocycles. The van der Waals surface area contributed by atoms with Gasteiger partial charge in [-0.1, -0.05) is 56.3 Å². The Kier molecular flexibility index (Phi) is 8.12. The van der Waals surface area contributed by atoms with Crippen molar-refractivity contribution in [3.05, 3.63) is 101 Å². The Labute approximate surface area is 198 Å². The molecule has 0 aliphatic carbocycles.